The summed E-state index contributed by atoms with van der Waals surface area (Å²) in [6, 6.07) is 0.325. The van der Waals surface area contributed by atoms with E-state index in [-0.39, 0.29) is 6.61 Å². The molecule has 1 aromatic heterocycles. The van der Waals surface area contributed by atoms with Gasteiger partial charge in [-0.05, 0) is 42.4 Å². The Morgan fingerprint density at radius 2 is 2.43 bits per heavy atom. The third-order valence-corrected chi connectivity index (χ3v) is 2.64. The highest BCUT2D eigenvalue weighted by molar-refractivity contribution is 14.1. The van der Waals surface area contributed by atoms with E-state index in [4.69, 9.17) is 5.11 Å². The van der Waals surface area contributed by atoms with Crippen LogP contribution in [0.1, 0.15) is 19.8 Å². The number of aliphatic hydroxyl groups excluding tert-OH is 1. The van der Waals surface area contributed by atoms with Gasteiger partial charge in [0.15, 0.2) is 0 Å². The summed E-state index contributed by atoms with van der Waals surface area (Å²) in [5.41, 5.74) is 0. The lowest BCUT2D eigenvalue weighted by molar-refractivity contribution is 0.282. The second-order valence-electron chi connectivity index (χ2n) is 3.13. The first-order valence-electron chi connectivity index (χ1n) is 4.57. The summed E-state index contributed by atoms with van der Waals surface area (Å²) < 4.78 is 1.01. The number of rotatable bonds is 5. The number of halogens is 1. The number of nitrogens with one attached hydrogen (secondary N) is 1. The van der Waals surface area contributed by atoms with Crippen LogP contribution in [0.15, 0.2) is 12.5 Å². The standard InChI is InChI=1S/C9H14IN3O/c1-7(3-2-4-14)13-9-8(10)5-11-6-12-9/h5-7,14H,2-4H2,1H3,(H,11,12,13). The number of aromatic nitrogens is 2. The van der Waals surface area contributed by atoms with Gasteiger partial charge in [-0.1, -0.05) is 0 Å². The highest BCUT2D eigenvalue weighted by Gasteiger charge is 2.05. The van der Waals surface area contributed by atoms with E-state index in [1.54, 1.807) is 6.20 Å². The monoisotopic (exact) mass is 307 g/mol. The van der Waals surface area contributed by atoms with Crippen LogP contribution in [0.3, 0.4) is 0 Å². The summed E-state index contributed by atoms with van der Waals surface area (Å²) in [6.07, 6.45) is 5.06. The van der Waals surface area contributed by atoms with Crippen LogP contribution < -0.4 is 5.32 Å². The van der Waals surface area contributed by atoms with Crippen LogP contribution in [0.25, 0.3) is 0 Å². The molecule has 0 spiro atoms. The van der Waals surface area contributed by atoms with E-state index in [1.165, 1.54) is 6.33 Å². The predicted octanol–water partition coefficient (Wildman–Crippen LogP) is 1.65. The summed E-state index contributed by atoms with van der Waals surface area (Å²) in [5.74, 6) is 0.867. The van der Waals surface area contributed by atoms with Crippen LogP contribution in [0.5, 0.6) is 0 Å². The first-order valence-corrected chi connectivity index (χ1v) is 5.65. The molecule has 0 aliphatic rings. The molecule has 1 atom stereocenters. The minimum Gasteiger partial charge on any atom is -0.396 e. The molecule has 2 N–H and O–H groups in total. The molecule has 1 aromatic rings. The second-order valence-corrected chi connectivity index (χ2v) is 4.29. The maximum atomic E-state index is 8.68. The average Bonchev–Trinajstić information content (AvgIpc) is 2.18. The van der Waals surface area contributed by atoms with E-state index < -0.39 is 0 Å². The van der Waals surface area contributed by atoms with Crippen LogP contribution in [-0.2, 0) is 0 Å². The topological polar surface area (TPSA) is 58.0 Å². The highest BCUT2D eigenvalue weighted by Crippen LogP contribution is 2.14. The van der Waals surface area contributed by atoms with Gasteiger partial charge in [0.2, 0.25) is 0 Å². The molecule has 0 amide bonds. The Morgan fingerprint density at radius 3 is 3.07 bits per heavy atom. The van der Waals surface area contributed by atoms with Crippen LogP contribution >= 0.6 is 22.6 Å². The summed E-state index contributed by atoms with van der Waals surface area (Å²) in [5, 5.41) is 12.0. The molecule has 4 nitrogen and oxygen atoms in total. The van der Waals surface area contributed by atoms with Gasteiger partial charge in [-0.3, -0.25) is 0 Å². The Morgan fingerprint density at radius 1 is 1.64 bits per heavy atom. The van der Waals surface area contributed by atoms with Crippen LogP contribution in [0, 0.1) is 3.57 Å². The Hall–Kier alpha value is -0.430. The van der Waals surface area contributed by atoms with Crippen molar-refractivity contribution in [2.75, 3.05) is 11.9 Å². The fourth-order valence-corrected chi connectivity index (χ4v) is 1.58. The van der Waals surface area contributed by atoms with Crippen molar-refractivity contribution in [1.29, 1.82) is 0 Å². The molecule has 0 saturated heterocycles. The zero-order valence-electron chi connectivity index (χ0n) is 8.07. The van der Waals surface area contributed by atoms with Crippen molar-refractivity contribution in [1.82, 2.24) is 9.97 Å². The van der Waals surface area contributed by atoms with E-state index in [2.05, 4.69) is 44.8 Å². The molecule has 0 radical (unpaired) electrons. The first kappa shape index (κ1) is 11.6. The van der Waals surface area contributed by atoms with Gasteiger partial charge < -0.3 is 10.4 Å². The lowest BCUT2D eigenvalue weighted by atomic mass is 10.2. The zero-order valence-corrected chi connectivity index (χ0v) is 10.2. The van der Waals surface area contributed by atoms with Crippen LogP contribution in [-0.4, -0.2) is 27.7 Å². The van der Waals surface area contributed by atoms with Gasteiger partial charge >= 0.3 is 0 Å². The van der Waals surface area contributed by atoms with Crippen molar-refractivity contribution < 1.29 is 5.11 Å². The molecule has 14 heavy (non-hydrogen) atoms. The van der Waals surface area contributed by atoms with E-state index >= 15 is 0 Å². The van der Waals surface area contributed by atoms with Crippen LogP contribution in [0.2, 0.25) is 0 Å². The smallest absolute Gasteiger partial charge is 0.143 e. The van der Waals surface area contributed by atoms with Gasteiger partial charge in [0.05, 0.1) is 3.57 Å². The van der Waals surface area contributed by atoms with Gasteiger partial charge in [-0.2, -0.15) is 0 Å². The van der Waals surface area contributed by atoms with Crippen molar-refractivity contribution in [3.63, 3.8) is 0 Å². The second kappa shape index (κ2) is 6.13. The molecule has 1 rings (SSSR count). The summed E-state index contributed by atoms with van der Waals surface area (Å²) >= 11 is 2.19. The lowest BCUT2D eigenvalue weighted by Crippen LogP contribution is -2.17. The fourth-order valence-electron chi connectivity index (χ4n) is 1.12. The number of nitrogens with zero attached hydrogens (tertiary/aromatic N) is 2. The van der Waals surface area contributed by atoms with E-state index in [9.17, 15) is 0 Å². The Labute approximate surface area is 97.3 Å². The number of anilines is 1. The SMILES string of the molecule is CC(CCCO)Nc1ncncc1I. The summed E-state index contributed by atoms with van der Waals surface area (Å²) in [4.78, 5) is 8.05. The molecule has 5 heteroatoms. The molecule has 1 heterocycles. The van der Waals surface area contributed by atoms with Gasteiger partial charge in [0, 0.05) is 18.8 Å². The molecular weight excluding hydrogens is 293 g/mol. The molecular formula is C9H14IN3O. The largest absolute Gasteiger partial charge is 0.396 e. The maximum Gasteiger partial charge on any atom is 0.143 e. The van der Waals surface area contributed by atoms with Crippen molar-refractivity contribution in [2.24, 2.45) is 0 Å². The first-order chi connectivity index (χ1) is 6.74. The summed E-state index contributed by atoms with van der Waals surface area (Å²) in [6.45, 7) is 2.32. The third kappa shape index (κ3) is 3.75. The quantitative estimate of drug-likeness (QED) is 0.812. The normalized spacial score (nSPS) is 12.5. The molecule has 0 saturated carbocycles. The number of aliphatic hydroxyl groups is 1. The molecule has 0 bridgehead atoms. The van der Waals surface area contributed by atoms with E-state index in [0.29, 0.717) is 6.04 Å². The zero-order chi connectivity index (χ0) is 10.4. The maximum absolute atomic E-state index is 8.68. The minimum absolute atomic E-state index is 0.243. The average molecular weight is 307 g/mol. The Balaban J connectivity index is 2.47. The van der Waals surface area contributed by atoms with Gasteiger partial charge in [0.25, 0.3) is 0 Å². The van der Waals surface area contributed by atoms with E-state index in [1.807, 2.05) is 0 Å². The molecule has 1 unspecified atom stereocenters. The fraction of sp³-hybridized carbons (Fsp3) is 0.556. The number of hydrogen-bond acceptors (Lipinski definition) is 4. The lowest BCUT2D eigenvalue weighted by Gasteiger charge is -2.14. The molecule has 0 aliphatic heterocycles. The van der Waals surface area contributed by atoms with Gasteiger partial charge in [-0.15, -0.1) is 0 Å². The van der Waals surface area contributed by atoms with Crippen LogP contribution in [0.4, 0.5) is 5.82 Å². The molecule has 0 aromatic carbocycles. The number of hydrogen-bond donors (Lipinski definition) is 2. The van der Waals surface area contributed by atoms with E-state index in [0.717, 1.165) is 22.2 Å². The highest BCUT2D eigenvalue weighted by atomic mass is 127. The van der Waals surface area contributed by atoms with Gasteiger partial charge in [-0.25, -0.2) is 9.97 Å². The predicted molar refractivity (Wildman–Crippen MR) is 64.2 cm³/mol. The van der Waals surface area contributed by atoms with Crippen molar-refractivity contribution in [3.05, 3.63) is 16.1 Å². The molecule has 0 aliphatic carbocycles. The Bertz CT molecular complexity index is 283. The minimum atomic E-state index is 0.243. The van der Waals surface area contributed by atoms with Crippen molar-refractivity contribution in [3.8, 4) is 0 Å². The molecule has 0 fully saturated rings. The van der Waals surface area contributed by atoms with Crippen molar-refractivity contribution >= 4 is 28.4 Å². The molecule has 78 valence electrons. The Kier molecular flexibility index (Phi) is 5.10. The third-order valence-electron chi connectivity index (χ3n) is 1.85. The van der Waals surface area contributed by atoms with Gasteiger partial charge in [0.1, 0.15) is 12.1 Å². The van der Waals surface area contributed by atoms with Crippen molar-refractivity contribution in [2.45, 2.75) is 25.8 Å². The summed E-state index contributed by atoms with van der Waals surface area (Å²) in [7, 11) is 0.